The number of carbonyl (C=O) groups excluding carboxylic acids is 1. The van der Waals surface area contributed by atoms with Crippen molar-refractivity contribution in [3.8, 4) is 0 Å². The second-order valence-electron chi connectivity index (χ2n) is 4.63. The number of rotatable bonds is 2. The van der Waals surface area contributed by atoms with Crippen LogP contribution in [0.1, 0.15) is 33.6 Å². The minimum absolute atomic E-state index is 0.0201. The molecule has 1 heterocycles. The van der Waals surface area contributed by atoms with Crippen LogP contribution >= 0.6 is 0 Å². The number of hydrogen-bond acceptors (Lipinski definition) is 2. The number of ether oxygens (including phenoxy) is 1. The summed E-state index contributed by atoms with van der Waals surface area (Å²) >= 11 is 0. The number of amides is 1. The lowest BCUT2D eigenvalue weighted by molar-refractivity contribution is -0.139. The van der Waals surface area contributed by atoms with Gasteiger partial charge in [-0.3, -0.25) is 4.79 Å². The minimum atomic E-state index is -0.0201. The molecule has 0 aromatic carbocycles. The monoisotopic (exact) mass is 199 g/mol. The zero-order valence-corrected chi connectivity index (χ0v) is 9.67. The number of methoxy groups -OCH3 is 1. The lowest BCUT2D eigenvalue weighted by Gasteiger charge is -2.39. The van der Waals surface area contributed by atoms with Crippen molar-refractivity contribution in [2.24, 2.45) is 5.92 Å². The molecule has 0 spiro atoms. The highest BCUT2D eigenvalue weighted by Crippen LogP contribution is 2.25. The predicted molar refractivity (Wildman–Crippen MR) is 56.1 cm³/mol. The van der Waals surface area contributed by atoms with Crippen LogP contribution in [-0.4, -0.2) is 36.6 Å². The summed E-state index contributed by atoms with van der Waals surface area (Å²) in [5.41, 5.74) is -0.0201. The molecule has 0 saturated carbocycles. The van der Waals surface area contributed by atoms with Crippen LogP contribution < -0.4 is 0 Å². The van der Waals surface area contributed by atoms with Gasteiger partial charge in [0.1, 0.15) is 0 Å². The van der Waals surface area contributed by atoms with Crippen LogP contribution in [0.15, 0.2) is 0 Å². The molecule has 3 heteroatoms. The predicted octanol–water partition coefficient (Wildman–Crippen LogP) is 1.67. The number of piperidine rings is 1. The van der Waals surface area contributed by atoms with Crippen LogP contribution in [0.5, 0.6) is 0 Å². The standard InChI is InChI=1S/C11H21NO2/c1-9(2)10(13)12-7-5-11(3,14-4)6-8-12/h9H,5-8H2,1-4H3. The molecule has 0 N–H and O–H groups in total. The van der Waals surface area contributed by atoms with Crippen molar-refractivity contribution in [1.29, 1.82) is 0 Å². The van der Waals surface area contributed by atoms with Crippen LogP contribution in [0.4, 0.5) is 0 Å². The molecule has 0 aromatic heterocycles. The molecule has 1 aliphatic rings. The highest BCUT2D eigenvalue weighted by atomic mass is 16.5. The van der Waals surface area contributed by atoms with E-state index >= 15 is 0 Å². The molecule has 0 bridgehead atoms. The van der Waals surface area contributed by atoms with Crippen molar-refractivity contribution in [3.05, 3.63) is 0 Å². The number of hydrogen-bond donors (Lipinski definition) is 0. The fraction of sp³-hybridized carbons (Fsp3) is 0.909. The second kappa shape index (κ2) is 4.30. The Labute approximate surface area is 86.4 Å². The maximum absolute atomic E-state index is 11.7. The lowest BCUT2D eigenvalue weighted by atomic mass is 9.93. The van der Waals surface area contributed by atoms with Crippen LogP contribution in [0.2, 0.25) is 0 Å². The van der Waals surface area contributed by atoms with Crippen molar-refractivity contribution in [2.45, 2.75) is 39.2 Å². The Kier molecular flexibility index (Phi) is 3.53. The molecular weight excluding hydrogens is 178 g/mol. The quantitative estimate of drug-likeness (QED) is 0.677. The molecule has 0 radical (unpaired) electrons. The average molecular weight is 199 g/mol. The van der Waals surface area contributed by atoms with Gasteiger partial charge in [-0.2, -0.15) is 0 Å². The van der Waals surface area contributed by atoms with Gasteiger partial charge < -0.3 is 9.64 Å². The van der Waals surface area contributed by atoms with Gasteiger partial charge in [-0.15, -0.1) is 0 Å². The summed E-state index contributed by atoms with van der Waals surface area (Å²) in [7, 11) is 1.75. The van der Waals surface area contributed by atoms with Gasteiger partial charge in [0.25, 0.3) is 0 Å². The van der Waals surface area contributed by atoms with Crippen molar-refractivity contribution in [3.63, 3.8) is 0 Å². The van der Waals surface area contributed by atoms with E-state index in [1.165, 1.54) is 0 Å². The van der Waals surface area contributed by atoms with Gasteiger partial charge in [0.05, 0.1) is 5.60 Å². The summed E-state index contributed by atoms with van der Waals surface area (Å²) in [5.74, 6) is 0.380. The lowest BCUT2D eigenvalue weighted by Crippen LogP contribution is -2.47. The van der Waals surface area contributed by atoms with Crippen LogP contribution in [-0.2, 0) is 9.53 Å². The summed E-state index contributed by atoms with van der Waals surface area (Å²) in [5, 5.41) is 0. The third kappa shape index (κ3) is 2.47. The third-order valence-corrected chi connectivity index (χ3v) is 3.12. The zero-order valence-electron chi connectivity index (χ0n) is 9.67. The first-order valence-electron chi connectivity index (χ1n) is 5.32. The summed E-state index contributed by atoms with van der Waals surface area (Å²) in [6, 6.07) is 0. The third-order valence-electron chi connectivity index (χ3n) is 3.12. The van der Waals surface area contributed by atoms with Gasteiger partial charge in [0.15, 0.2) is 0 Å². The van der Waals surface area contributed by atoms with Gasteiger partial charge in [-0.1, -0.05) is 13.8 Å². The fourth-order valence-electron chi connectivity index (χ4n) is 1.77. The Morgan fingerprint density at radius 1 is 1.36 bits per heavy atom. The molecule has 1 aliphatic heterocycles. The number of likely N-dealkylation sites (tertiary alicyclic amines) is 1. The molecular formula is C11H21NO2. The molecule has 1 amide bonds. The molecule has 82 valence electrons. The fourth-order valence-corrected chi connectivity index (χ4v) is 1.77. The largest absolute Gasteiger partial charge is 0.378 e. The molecule has 0 aliphatic carbocycles. The van der Waals surface area contributed by atoms with Crippen LogP contribution in [0, 0.1) is 5.92 Å². The van der Waals surface area contributed by atoms with E-state index < -0.39 is 0 Å². The summed E-state index contributed by atoms with van der Waals surface area (Å²) < 4.78 is 5.43. The Morgan fingerprint density at radius 2 is 1.86 bits per heavy atom. The van der Waals surface area contributed by atoms with Crippen molar-refractivity contribution in [1.82, 2.24) is 4.90 Å². The second-order valence-corrected chi connectivity index (χ2v) is 4.63. The molecule has 3 nitrogen and oxygen atoms in total. The SMILES string of the molecule is COC1(C)CCN(C(=O)C(C)C)CC1. The minimum Gasteiger partial charge on any atom is -0.378 e. The molecule has 14 heavy (non-hydrogen) atoms. The Hall–Kier alpha value is -0.570. The first-order chi connectivity index (χ1) is 6.48. The Morgan fingerprint density at radius 3 is 2.21 bits per heavy atom. The molecule has 0 atom stereocenters. The van der Waals surface area contributed by atoms with Crippen LogP contribution in [0.25, 0.3) is 0 Å². The maximum Gasteiger partial charge on any atom is 0.225 e. The number of nitrogens with zero attached hydrogens (tertiary/aromatic N) is 1. The van der Waals surface area contributed by atoms with E-state index in [0.29, 0.717) is 0 Å². The van der Waals surface area contributed by atoms with Gasteiger partial charge in [-0.05, 0) is 19.8 Å². The molecule has 1 rings (SSSR count). The highest BCUT2D eigenvalue weighted by Gasteiger charge is 2.31. The Balaban J connectivity index is 2.47. The average Bonchev–Trinajstić information content (AvgIpc) is 2.18. The smallest absolute Gasteiger partial charge is 0.225 e. The molecule has 1 saturated heterocycles. The van der Waals surface area contributed by atoms with E-state index in [9.17, 15) is 4.79 Å². The summed E-state index contributed by atoms with van der Waals surface area (Å²) in [4.78, 5) is 13.6. The van der Waals surface area contributed by atoms with Crippen LogP contribution in [0.3, 0.4) is 0 Å². The van der Waals surface area contributed by atoms with Crippen molar-refractivity contribution in [2.75, 3.05) is 20.2 Å². The first kappa shape index (κ1) is 11.5. The van der Waals surface area contributed by atoms with E-state index in [4.69, 9.17) is 4.74 Å². The van der Waals surface area contributed by atoms with Gasteiger partial charge in [-0.25, -0.2) is 0 Å². The molecule has 1 fully saturated rings. The van der Waals surface area contributed by atoms with Gasteiger partial charge in [0, 0.05) is 26.1 Å². The van der Waals surface area contributed by atoms with E-state index in [-0.39, 0.29) is 17.4 Å². The van der Waals surface area contributed by atoms with E-state index in [1.54, 1.807) is 7.11 Å². The topological polar surface area (TPSA) is 29.5 Å². The van der Waals surface area contributed by atoms with E-state index in [1.807, 2.05) is 18.7 Å². The normalized spacial score (nSPS) is 21.4. The van der Waals surface area contributed by atoms with E-state index in [2.05, 4.69) is 6.92 Å². The summed E-state index contributed by atoms with van der Waals surface area (Å²) in [6.45, 7) is 7.69. The maximum atomic E-state index is 11.7. The van der Waals surface area contributed by atoms with E-state index in [0.717, 1.165) is 25.9 Å². The number of carbonyl (C=O) groups is 1. The van der Waals surface area contributed by atoms with Gasteiger partial charge >= 0.3 is 0 Å². The summed E-state index contributed by atoms with van der Waals surface area (Å²) in [6.07, 6.45) is 1.89. The Bertz CT molecular complexity index is 205. The molecule has 0 unspecified atom stereocenters. The first-order valence-corrected chi connectivity index (χ1v) is 5.32. The van der Waals surface area contributed by atoms with Crippen molar-refractivity contribution < 1.29 is 9.53 Å². The molecule has 0 aromatic rings. The van der Waals surface area contributed by atoms with Crippen molar-refractivity contribution >= 4 is 5.91 Å². The highest BCUT2D eigenvalue weighted by molar-refractivity contribution is 5.78. The van der Waals surface area contributed by atoms with Gasteiger partial charge in [0.2, 0.25) is 5.91 Å². The zero-order chi connectivity index (χ0) is 10.8.